The molecule has 2 N–H and O–H groups in total. The van der Waals surface area contributed by atoms with Crippen molar-refractivity contribution in [2.24, 2.45) is 0 Å². The van der Waals surface area contributed by atoms with E-state index < -0.39 is 29.2 Å². The summed E-state index contributed by atoms with van der Waals surface area (Å²) in [6.07, 6.45) is 0. The minimum atomic E-state index is -1.42. The molecular weight excluding hydrogens is 350 g/mol. The Kier molecular flexibility index (Phi) is 6.05. The van der Waals surface area contributed by atoms with Crippen molar-refractivity contribution in [1.29, 1.82) is 0 Å². The highest BCUT2D eigenvalue weighted by Gasteiger charge is 2.32. The van der Waals surface area contributed by atoms with E-state index >= 15 is 0 Å². The van der Waals surface area contributed by atoms with Gasteiger partial charge in [0.1, 0.15) is 16.9 Å². The van der Waals surface area contributed by atoms with E-state index in [1.54, 1.807) is 33.1 Å². The van der Waals surface area contributed by atoms with Gasteiger partial charge < -0.3 is 19.7 Å². The van der Waals surface area contributed by atoms with E-state index in [4.69, 9.17) is 9.47 Å². The smallest absolute Gasteiger partial charge is 0.340 e. The van der Waals surface area contributed by atoms with Crippen molar-refractivity contribution in [2.75, 3.05) is 14.2 Å². The van der Waals surface area contributed by atoms with E-state index in [0.29, 0.717) is 5.75 Å². The minimum Gasteiger partial charge on any atom is -0.505 e. The number of aromatic hydroxyl groups is 1. The van der Waals surface area contributed by atoms with Crippen molar-refractivity contribution >= 4 is 11.9 Å². The van der Waals surface area contributed by atoms with Crippen LogP contribution in [-0.2, 0) is 4.74 Å². The maximum absolute atomic E-state index is 12.4. The lowest BCUT2D eigenvalue weighted by Gasteiger charge is -2.21. The Labute approximate surface area is 157 Å². The van der Waals surface area contributed by atoms with Crippen LogP contribution in [0.4, 0.5) is 0 Å². The summed E-state index contributed by atoms with van der Waals surface area (Å²) in [5, 5.41) is 20.1. The number of carbonyl (C=O) groups is 2. The number of methoxy groups -OCH3 is 2. The molecule has 0 aliphatic heterocycles. The molecule has 144 valence electrons. The van der Waals surface area contributed by atoms with Gasteiger partial charge in [0.2, 0.25) is 0 Å². The van der Waals surface area contributed by atoms with Gasteiger partial charge in [-0.15, -0.1) is 0 Å². The van der Waals surface area contributed by atoms with E-state index in [2.05, 4.69) is 4.98 Å². The van der Waals surface area contributed by atoms with Gasteiger partial charge in [0, 0.05) is 5.92 Å². The van der Waals surface area contributed by atoms with Crippen LogP contribution < -0.4 is 4.74 Å². The van der Waals surface area contributed by atoms with Crippen molar-refractivity contribution in [3.63, 3.8) is 0 Å². The summed E-state index contributed by atoms with van der Waals surface area (Å²) in [7, 11) is 2.71. The first kappa shape index (κ1) is 20.2. The van der Waals surface area contributed by atoms with Crippen LogP contribution in [0.1, 0.15) is 70.3 Å². The number of nitrogens with zero attached hydrogens (tertiary/aromatic N) is 1. The number of carboxylic acid groups (broad SMARTS) is 1. The third-order valence-electron chi connectivity index (χ3n) is 4.40. The van der Waals surface area contributed by atoms with Crippen LogP contribution in [0.5, 0.6) is 11.5 Å². The van der Waals surface area contributed by atoms with Gasteiger partial charge in [0.05, 0.1) is 25.6 Å². The predicted octanol–water partition coefficient (Wildman–Crippen LogP) is 3.56. The van der Waals surface area contributed by atoms with Crippen LogP contribution in [0.25, 0.3) is 0 Å². The summed E-state index contributed by atoms with van der Waals surface area (Å²) >= 11 is 0. The molecule has 7 nitrogen and oxygen atoms in total. The Balaban J connectivity index is 2.78. The zero-order chi connectivity index (χ0) is 20.3. The molecule has 27 heavy (non-hydrogen) atoms. The Morgan fingerprint density at radius 3 is 2.04 bits per heavy atom. The molecule has 2 aromatic rings. The van der Waals surface area contributed by atoms with Crippen LogP contribution in [0.15, 0.2) is 24.3 Å². The zero-order valence-corrected chi connectivity index (χ0v) is 15.9. The number of esters is 1. The van der Waals surface area contributed by atoms with Crippen molar-refractivity contribution in [3.8, 4) is 11.5 Å². The van der Waals surface area contributed by atoms with Gasteiger partial charge in [-0.3, -0.25) is 4.98 Å². The number of benzene rings is 1. The Morgan fingerprint density at radius 1 is 1.00 bits per heavy atom. The second-order valence-electron chi connectivity index (χ2n) is 6.43. The van der Waals surface area contributed by atoms with Crippen LogP contribution in [0.2, 0.25) is 0 Å². The molecule has 0 aliphatic rings. The average molecular weight is 373 g/mol. The number of aromatic nitrogens is 1. The Morgan fingerprint density at radius 2 is 1.59 bits per heavy atom. The number of hydrogen-bond acceptors (Lipinski definition) is 6. The molecule has 0 saturated carbocycles. The molecule has 0 bridgehead atoms. The second-order valence-corrected chi connectivity index (χ2v) is 6.43. The molecule has 0 aliphatic carbocycles. The van der Waals surface area contributed by atoms with E-state index in [9.17, 15) is 19.8 Å². The monoisotopic (exact) mass is 373 g/mol. The molecule has 1 aromatic heterocycles. The zero-order valence-electron chi connectivity index (χ0n) is 15.9. The maximum Gasteiger partial charge on any atom is 0.340 e. The summed E-state index contributed by atoms with van der Waals surface area (Å²) in [4.78, 5) is 28.7. The first-order chi connectivity index (χ1) is 12.7. The minimum absolute atomic E-state index is 0.218. The fourth-order valence-corrected chi connectivity index (χ4v) is 2.90. The predicted molar refractivity (Wildman–Crippen MR) is 98.8 cm³/mol. The molecular formula is C20H23NO6. The number of rotatable bonds is 6. The average Bonchev–Trinajstić information content (AvgIpc) is 2.65. The highest BCUT2D eigenvalue weighted by atomic mass is 16.5. The van der Waals surface area contributed by atoms with E-state index in [1.165, 1.54) is 0 Å². The molecule has 0 amide bonds. The molecule has 1 unspecified atom stereocenters. The molecule has 2 rings (SSSR count). The van der Waals surface area contributed by atoms with Crippen molar-refractivity contribution in [1.82, 2.24) is 4.98 Å². The third kappa shape index (κ3) is 3.86. The molecule has 0 spiro atoms. The largest absolute Gasteiger partial charge is 0.505 e. The first-order valence-corrected chi connectivity index (χ1v) is 8.45. The van der Waals surface area contributed by atoms with Gasteiger partial charge in [-0.05, 0) is 23.6 Å². The quantitative estimate of drug-likeness (QED) is 0.746. The van der Waals surface area contributed by atoms with Gasteiger partial charge in [0.25, 0.3) is 0 Å². The lowest BCUT2D eigenvalue weighted by atomic mass is 9.89. The molecule has 7 heteroatoms. The normalized spacial score (nSPS) is 11.9. The fourth-order valence-electron chi connectivity index (χ4n) is 2.90. The number of carbonyl (C=O) groups excluding carboxylic acids is 1. The molecule has 0 fully saturated rings. The Bertz CT molecular complexity index is 858. The lowest BCUT2D eigenvalue weighted by Crippen LogP contribution is -2.19. The fraction of sp³-hybridized carbons (Fsp3) is 0.350. The molecule has 1 heterocycles. The maximum atomic E-state index is 12.4. The van der Waals surface area contributed by atoms with Crippen LogP contribution in [0.3, 0.4) is 0 Å². The number of aromatic carboxylic acids is 1. The summed E-state index contributed by atoms with van der Waals surface area (Å²) in [6, 6.07) is 7.17. The van der Waals surface area contributed by atoms with Gasteiger partial charge in [0.15, 0.2) is 5.75 Å². The highest BCUT2D eigenvalue weighted by molar-refractivity contribution is 6.05. The van der Waals surface area contributed by atoms with Gasteiger partial charge in [-0.2, -0.15) is 0 Å². The van der Waals surface area contributed by atoms with E-state index in [-0.39, 0.29) is 22.9 Å². The second kappa shape index (κ2) is 8.07. The van der Waals surface area contributed by atoms with E-state index in [1.807, 2.05) is 19.1 Å². The van der Waals surface area contributed by atoms with Crippen molar-refractivity contribution in [2.45, 2.75) is 32.6 Å². The standard InChI is InChI=1S/C20H23NO6/c1-10(2)16-18(22)15(19(23)24)14(20(25)27-5)17(21-16)11(3)12-6-8-13(26-4)9-7-12/h6-11,22H,1-5H3,(H,23,24). The lowest BCUT2D eigenvalue weighted by molar-refractivity contribution is 0.0578. The number of pyridine rings is 1. The number of hydrogen-bond donors (Lipinski definition) is 2. The number of ether oxygens (including phenoxy) is 2. The SMILES string of the molecule is COC(=O)c1c(C(C)c2ccc(OC)cc2)nc(C(C)C)c(O)c1C(=O)O. The summed E-state index contributed by atoms with van der Waals surface area (Å²) in [5.74, 6) is -2.77. The molecule has 0 radical (unpaired) electrons. The highest BCUT2D eigenvalue weighted by Crippen LogP contribution is 2.36. The number of carboxylic acids is 1. The molecule has 1 atom stereocenters. The molecule has 0 saturated heterocycles. The van der Waals surface area contributed by atoms with Gasteiger partial charge in [-0.25, -0.2) is 9.59 Å². The third-order valence-corrected chi connectivity index (χ3v) is 4.40. The van der Waals surface area contributed by atoms with Gasteiger partial charge >= 0.3 is 11.9 Å². The molecule has 1 aromatic carbocycles. The van der Waals surface area contributed by atoms with Crippen molar-refractivity contribution < 1.29 is 29.3 Å². The first-order valence-electron chi connectivity index (χ1n) is 8.45. The summed E-state index contributed by atoms with van der Waals surface area (Å²) in [6.45, 7) is 5.38. The van der Waals surface area contributed by atoms with Crippen molar-refractivity contribution in [3.05, 3.63) is 52.3 Å². The van der Waals surface area contributed by atoms with Crippen LogP contribution >= 0.6 is 0 Å². The summed E-state index contributed by atoms with van der Waals surface area (Å²) in [5.41, 5.74) is 0.539. The summed E-state index contributed by atoms with van der Waals surface area (Å²) < 4.78 is 9.92. The van der Waals surface area contributed by atoms with Crippen LogP contribution in [-0.4, -0.2) is 41.4 Å². The Hall–Kier alpha value is -3.09. The van der Waals surface area contributed by atoms with Crippen LogP contribution in [0, 0.1) is 0 Å². The topological polar surface area (TPSA) is 106 Å². The van der Waals surface area contributed by atoms with E-state index in [0.717, 1.165) is 12.7 Å². The van der Waals surface area contributed by atoms with Gasteiger partial charge in [-0.1, -0.05) is 32.9 Å².